The van der Waals surface area contributed by atoms with Gasteiger partial charge in [0.05, 0.1) is 10.4 Å². The van der Waals surface area contributed by atoms with E-state index in [1.54, 1.807) is 6.92 Å². The van der Waals surface area contributed by atoms with E-state index in [1.165, 1.54) is 11.3 Å². The molecule has 0 saturated carbocycles. The van der Waals surface area contributed by atoms with E-state index in [2.05, 4.69) is 69.4 Å². The second-order valence-corrected chi connectivity index (χ2v) is 11.6. The lowest BCUT2D eigenvalue weighted by molar-refractivity contribution is -0.120. The van der Waals surface area contributed by atoms with Gasteiger partial charge in [-0.2, -0.15) is 5.26 Å². The van der Waals surface area contributed by atoms with E-state index in [0.717, 1.165) is 29.2 Å². The van der Waals surface area contributed by atoms with Gasteiger partial charge in [0.2, 0.25) is 5.91 Å². The lowest BCUT2D eigenvalue weighted by atomic mass is 9.86. The van der Waals surface area contributed by atoms with Crippen LogP contribution >= 0.6 is 11.3 Å². The number of nitrogens with one attached hydrogen (secondary N) is 1. The number of hydrogen-bond acceptors (Lipinski definition) is 4. The molecular formula is C30H37N3O2S. The van der Waals surface area contributed by atoms with Crippen molar-refractivity contribution in [3.05, 3.63) is 64.0 Å². The molecule has 2 amide bonds. The van der Waals surface area contributed by atoms with E-state index < -0.39 is 0 Å². The highest BCUT2D eigenvalue weighted by Gasteiger charge is 2.33. The van der Waals surface area contributed by atoms with Gasteiger partial charge in [-0.1, -0.05) is 71.0 Å². The van der Waals surface area contributed by atoms with Crippen LogP contribution in [0.25, 0.3) is 10.8 Å². The zero-order valence-corrected chi connectivity index (χ0v) is 23.3. The maximum Gasteiger partial charge on any atom is 0.264 e. The summed E-state index contributed by atoms with van der Waals surface area (Å²) in [6, 6.07) is 16.6. The Labute approximate surface area is 219 Å². The van der Waals surface area contributed by atoms with Gasteiger partial charge >= 0.3 is 0 Å². The van der Waals surface area contributed by atoms with Crippen LogP contribution in [0.3, 0.4) is 0 Å². The lowest BCUT2D eigenvalue weighted by Gasteiger charge is -2.38. The van der Waals surface area contributed by atoms with Gasteiger partial charge in [0, 0.05) is 18.5 Å². The minimum Gasteiger partial charge on any atom is -0.330 e. The third kappa shape index (κ3) is 5.79. The molecule has 0 spiro atoms. The van der Waals surface area contributed by atoms with E-state index in [-0.39, 0.29) is 29.2 Å². The van der Waals surface area contributed by atoms with Gasteiger partial charge in [-0.25, -0.2) is 0 Å². The first-order chi connectivity index (χ1) is 17.0. The maximum absolute atomic E-state index is 14.0. The van der Waals surface area contributed by atoms with E-state index in [4.69, 9.17) is 0 Å². The lowest BCUT2D eigenvalue weighted by Crippen LogP contribution is -2.45. The van der Waals surface area contributed by atoms with Crippen LogP contribution < -0.4 is 5.32 Å². The normalized spacial score (nSPS) is 12.4. The molecule has 5 nitrogen and oxygen atoms in total. The van der Waals surface area contributed by atoms with Gasteiger partial charge in [0.25, 0.3) is 5.91 Å². The molecule has 0 fully saturated rings. The van der Waals surface area contributed by atoms with Gasteiger partial charge < -0.3 is 10.2 Å². The molecule has 6 heteroatoms. The fraction of sp³-hybridized carbons (Fsp3) is 0.433. The fourth-order valence-electron chi connectivity index (χ4n) is 4.33. The first-order valence-electron chi connectivity index (χ1n) is 12.6. The Bertz CT molecular complexity index is 1290. The molecule has 0 radical (unpaired) electrons. The number of carbonyl (C=O) groups excluding carboxylic acids is 2. The average molecular weight is 504 g/mol. The highest BCUT2D eigenvalue weighted by molar-refractivity contribution is 7.18. The summed E-state index contributed by atoms with van der Waals surface area (Å²) in [5.74, 6) is -0.344. The van der Waals surface area contributed by atoms with Crippen LogP contribution in [0.2, 0.25) is 0 Å². The molecule has 1 N–H and O–H groups in total. The molecule has 190 valence electrons. The van der Waals surface area contributed by atoms with Crippen molar-refractivity contribution in [2.45, 2.75) is 73.9 Å². The molecule has 0 aliphatic heterocycles. The minimum atomic E-state index is -0.151. The third-order valence-corrected chi connectivity index (χ3v) is 8.39. The van der Waals surface area contributed by atoms with Crippen molar-refractivity contribution in [1.29, 1.82) is 5.26 Å². The van der Waals surface area contributed by atoms with Crippen molar-refractivity contribution in [2.24, 2.45) is 11.3 Å². The average Bonchev–Trinajstić information content (AvgIpc) is 3.16. The van der Waals surface area contributed by atoms with Crippen LogP contribution in [0.15, 0.2) is 42.5 Å². The van der Waals surface area contributed by atoms with Crippen LogP contribution in [-0.2, 0) is 11.3 Å². The maximum atomic E-state index is 14.0. The van der Waals surface area contributed by atoms with Crippen LogP contribution in [0.1, 0.15) is 80.7 Å². The Balaban J connectivity index is 2.00. The monoisotopic (exact) mass is 503 g/mol. The Morgan fingerprint density at radius 2 is 1.72 bits per heavy atom. The molecule has 36 heavy (non-hydrogen) atoms. The van der Waals surface area contributed by atoms with Crippen molar-refractivity contribution in [3.63, 3.8) is 0 Å². The number of anilines is 1. The number of thiophene rings is 1. The number of carbonyl (C=O) groups is 2. The van der Waals surface area contributed by atoms with Crippen LogP contribution in [0.4, 0.5) is 5.00 Å². The van der Waals surface area contributed by atoms with Crippen molar-refractivity contribution >= 4 is 38.9 Å². The quantitative estimate of drug-likeness (QED) is 0.345. The summed E-state index contributed by atoms with van der Waals surface area (Å²) >= 11 is 1.21. The highest BCUT2D eigenvalue weighted by Crippen LogP contribution is 2.36. The van der Waals surface area contributed by atoms with Crippen molar-refractivity contribution in [3.8, 4) is 6.07 Å². The highest BCUT2D eigenvalue weighted by atomic mass is 32.1. The summed E-state index contributed by atoms with van der Waals surface area (Å²) in [4.78, 5) is 29.2. The zero-order valence-electron chi connectivity index (χ0n) is 22.4. The van der Waals surface area contributed by atoms with Gasteiger partial charge in [-0.15, -0.1) is 11.3 Å². The molecule has 1 heterocycles. The zero-order chi connectivity index (χ0) is 26.6. The predicted molar refractivity (Wildman–Crippen MR) is 149 cm³/mol. The first kappa shape index (κ1) is 27.4. The molecule has 0 aliphatic carbocycles. The SMILES string of the molecule is CCC(CC)C(=O)Nc1sc(C(=O)N(Cc2ccc3ccccc3c2)C(C)C(C)(C)C)c(C)c1C#N. The third-order valence-electron chi connectivity index (χ3n) is 7.19. The second kappa shape index (κ2) is 11.3. The Kier molecular flexibility index (Phi) is 8.58. The number of hydrogen-bond donors (Lipinski definition) is 1. The summed E-state index contributed by atoms with van der Waals surface area (Å²) in [7, 11) is 0. The molecule has 0 saturated heterocycles. The number of fused-ring (bicyclic) bond motifs is 1. The minimum absolute atomic E-state index is 0.0638. The van der Waals surface area contributed by atoms with Crippen molar-refractivity contribution < 1.29 is 9.59 Å². The van der Waals surface area contributed by atoms with Gasteiger partial charge in [-0.05, 0) is 60.1 Å². The smallest absolute Gasteiger partial charge is 0.264 e. The summed E-state index contributed by atoms with van der Waals surface area (Å²) in [6.07, 6.45) is 1.45. The molecule has 1 atom stereocenters. The number of benzene rings is 2. The van der Waals surface area contributed by atoms with Crippen LogP contribution in [-0.4, -0.2) is 22.8 Å². The standard InChI is InChI=1S/C30H37N3O2S/c1-8-22(9-2)27(34)32-28-25(17-31)19(3)26(36-28)29(35)33(20(4)30(5,6)7)18-21-14-15-23-12-10-11-13-24(23)16-21/h10-16,20,22H,8-9,18H2,1-7H3,(H,32,34). The summed E-state index contributed by atoms with van der Waals surface area (Å²) in [5.41, 5.74) is 1.89. The predicted octanol–water partition coefficient (Wildman–Crippen LogP) is 7.53. The second-order valence-electron chi connectivity index (χ2n) is 10.5. The van der Waals surface area contributed by atoms with Crippen LogP contribution in [0.5, 0.6) is 0 Å². The molecule has 2 aromatic carbocycles. The molecular weight excluding hydrogens is 466 g/mol. The van der Waals surface area contributed by atoms with Crippen molar-refractivity contribution in [1.82, 2.24) is 4.90 Å². The summed E-state index contributed by atoms with van der Waals surface area (Å²) in [5, 5.41) is 15.5. The summed E-state index contributed by atoms with van der Waals surface area (Å²) in [6.45, 7) is 14.7. The number of rotatable bonds is 8. The van der Waals surface area contributed by atoms with E-state index in [1.807, 2.05) is 30.9 Å². The molecule has 0 aliphatic rings. The Hall–Kier alpha value is -3.17. The van der Waals surface area contributed by atoms with Gasteiger partial charge in [0.1, 0.15) is 11.1 Å². The van der Waals surface area contributed by atoms with Crippen molar-refractivity contribution in [2.75, 3.05) is 5.32 Å². The first-order valence-corrected chi connectivity index (χ1v) is 13.5. The summed E-state index contributed by atoms with van der Waals surface area (Å²) < 4.78 is 0. The largest absolute Gasteiger partial charge is 0.330 e. The fourth-order valence-corrected chi connectivity index (χ4v) is 5.45. The molecule has 1 aromatic heterocycles. The number of amides is 2. The molecule has 1 unspecified atom stereocenters. The Morgan fingerprint density at radius 3 is 2.31 bits per heavy atom. The Morgan fingerprint density at radius 1 is 1.08 bits per heavy atom. The van der Waals surface area contributed by atoms with E-state index in [9.17, 15) is 14.9 Å². The molecule has 3 rings (SSSR count). The van der Waals surface area contributed by atoms with E-state index >= 15 is 0 Å². The molecule has 0 bridgehead atoms. The van der Waals surface area contributed by atoms with E-state index in [0.29, 0.717) is 27.5 Å². The number of nitrogens with zero attached hydrogens (tertiary/aromatic N) is 2. The molecule has 3 aromatic rings. The van der Waals surface area contributed by atoms with Crippen LogP contribution in [0, 0.1) is 29.6 Å². The topological polar surface area (TPSA) is 73.2 Å². The van der Waals surface area contributed by atoms with Gasteiger partial charge in [0.15, 0.2) is 0 Å². The number of nitriles is 1. The van der Waals surface area contributed by atoms with Gasteiger partial charge in [-0.3, -0.25) is 9.59 Å².